The van der Waals surface area contributed by atoms with Gasteiger partial charge in [0.25, 0.3) is 10.0 Å². The highest BCUT2D eigenvalue weighted by molar-refractivity contribution is 7.91. The molecule has 0 aromatic carbocycles. The minimum Gasteiger partial charge on any atom is -0.352 e. The third-order valence-corrected chi connectivity index (χ3v) is 7.83. The van der Waals surface area contributed by atoms with Crippen LogP contribution in [0.4, 0.5) is 0 Å². The van der Waals surface area contributed by atoms with Gasteiger partial charge >= 0.3 is 0 Å². The van der Waals surface area contributed by atoms with Gasteiger partial charge in [0, 0.05) is 31.4 Å². The Kier molecular flexibility index (Phi) is 7.16. The van der Waals surface area contributed by atoms with Crippen LogP contribution in [0.15, 0.2) is 26.7 Å². The van der Waals surface area contributed by atoms with Gasteiger partial charge in [-0.3, -0.25) is 4.99 Å². The van der Waals surface area contributed by atoms with Gasteiger partial charge in [-0.2, -0.15) is 0 Å². The minimum atomic E-state index is -3.38. The smallest absolute Gasteiger partial charge is 0.252 e. The molecule has 2 aromatic heterocycles. The predicted octanol–water partition coefficient (Wildman–Crippen LogP) is 2.44. The van der Waals surface area contributed by atoms with E-state index >= 15 is 0 Å². The molecule has 0 spiro atoms. The predicted molar refractivity (Wildman–Crippen MR) is 108 cm³/mol. The number of aliphatic imine (C=N–C) groups is 1. The molecule has 2 N–H and O–H groups in total. The second-order valence-electron chi connectivity index (χ2n) is 6.11. The van der Waals surface area contributed by atoms with Crippen LogP contribution in [0.3, 0.4) is 0 Å². The normalized spacial score (nSPS) is 12.8. The summed E-state index contributed by atoms with van der Waals surface area (Å²) in [6, 6.07) is 3.45. The van der Waals surface area contributed by atoms with Gasteiger partial charge in [-0.15, -0.1) is 22.7 Å². The third-order valence-electron chi connectivity index (χ3n) is 3.59. The molecule has 0 unspecified atom stereocenters. The SMILES string of the molecule is CN=C(NCc1ccc(S(=O)(=O)N(C)C)s1)NCc1nc(C(C)C)cs1. The van der Waals surface area contributed by atoms with Gasteiger partial charge < -0.3 is 10.6 Å². The molecule has 0 bridgehead atoms. The summed E-state index contributed by atoms with van der Waals surface area (Å²) in [4.78, 5) is 9.70. The van der Waals surface area contributed by atoms with Crippen molar-refractivity contribution in [2.24, 2.45) is 4.99 Å². The van der Waals surface area contributed by atoms with Crippen LogP contribution in [0, 0.1) is 0 Å². The summed E-state index contributed by atoms with van der Waals surface area (Å²) in [5, 5.41) is 9.51. The number of thiazole rings is 1. The second kappa shape index (κ2) is 8.94. The number of aromatic nitrogens is 1. The maximum atomic E-state index is 12.1. The minimum absolute atomic E-state index is 0.339. The molecular formula is C16H25N5O2S3. The molecule has 0 atom stereocenters. The molecular weight excluding hydrogens is 390 g/mol. The average Bonchev–Trinajstić information content (AvgIpc) is 3.24. The second-order valence-corrected chi connectivity index (χ2v) is 10.6. The van der Waals surface area contributed by atoms with Crippen molar-refractivity contribution in [2.45, 2.75) is 37.1 Å². The summed E-state index contributed by atoms with van der Waals surface area (Å²) >= 11 is 2.88. The molecule has 0 aliphatic heterocycles. The van der Waals surface area contributed by atoms with Crippen molar-refractivity contribution >= 4 is 38.7 Å². The average molecular weight is 416 g/mol. The number of thiophene rings is 1. The number of hydrogen-bond acceptors (Lipinski definition) is 6. The molecule has 0 amide bonds. The molecule has 2 aromatic rings. The number of rotatable bonds is 7. The van der Waals surface area contributed by atoms with Crippen molar-refractivity contribution in [1.29, 1.82) is 0 Å². The summed E-state index contributed by atoms with van der Waals surface area (Å²) in [5.41, 5.74) is 1.10. The van der Waals surface area contributed by atoms with Crippen molar-refractivity contribution < 1.29 is 8.42 Å². The van der Waals surface area contributed by atoms with E-state index in [-0.39, 0.29) is 0 Å². The van der Waals surface area contributed by atoms with Crippen molar-refractivity contribution in [3.05, 3.63) is 33.1 Å². The molecule has 0 aliphatic rings. The van der Waals surface area contributed by atoms with Crippen LogP contribution in [-0.4, -0.2) is 44.8 Å². The number of sulfonamides is 1. The standard InChI is InChI=1S/C16H25N5O2S3/c1-11(2)13-10-24-14(20-13)9-19-16(17-3)18-8-12-6-7-15(25-12)26(22,23)21(4)5/h6-7,10-11H,8-9H2,1-5H3,(H2,17,18,19). The van der Waals surface area contributed by atoms with Crippen LogP contribution in [-0.2, 0) is 23.1 Å². The summed E-state index contributed by atoms with van der Waals surface area (Å²) in [5.74, 6) is 1.07. The van der Waals surface area contributed by atoms with E-state index in [1.54, 1.807) is 24.5 Å². The summed E-state index contributed by atoms with van der Waals surface area (Å²) in [6.45, 7) is 5.35. The van der Waals surface area contributed by atoms with E-state index in [0.717, 1.165) is 15.6 Å². The van der Waals surface area contributed by atoms with Gasteiger partial charge in [0.15, 0.2) is 5.96 Å². The maximum absolute atomic E-state index is 12.1. The first kappa shape index (κ1) is 20.8. The number of hydrogen-bond donors (Lipinski definition) is 2. The van der Waals surface area contributed by atoms with E-state index < -0.39 is 10.0 Å². The Morgan fingerprint density at radius 1 is 1.27 bits per heavy atom. The van der Waals surface area contributed by atoms with Crippen molar-refractivity contribution in [3.8, 4) is 0 Å². The molecule has 0 radical (unpaired) electrons. The van der Waals surface area contributed by atoms with E-state index in [4.69, 9.17) is 0 Å². The fourth-order valence-electron chi connectivity index (χ4n) is 1.99. The van der Waals surface area contributed by atoms with Gasteiger partial charge in [-0.25, -0.2) is 17.7 Å². The summed E-state index contributed by atoms with van der Waals surface area (Å²) < 4.78 is 25.8. The highest BCUT2D eigenvalue weighted by atomic mass is 32.2. The quantitative estimate of drug-likeness (QED) is 0.536. The number of nitrogens with one attached hydrogen (secondary N) is 2. The van der Waals surface area contributed by atoms with Gasteiger partial charge in [-0.1, -0.05) is 13.8 Å². The molecule has 0 saturated carbocycles. The maximum Gasteiger partial charge on any atom is 0.252 e. The lowest BCUT2D eigenvalue weighted by Gasteiger charge is -2.10. The Morgan fingerprint density at radius 2 is 1.96 bits per heavy atom. The molecule has 7 nitrogen and oxygen atoms in total. The van der Waals surface area contributed by atoms with Gasteiger partial charge in [0.05, 0.1) is 18.8 Å². The van der Waals surface area contributed by atoms with E-state index in [0.29, 0.717) is 29.2 Å². The van der Waals surface area contributed by atoms with E-state index in [1.165, 1.54) is 29.7 Å². The van der Waals surface area contributed by atoms with Crippen molar-refractivity contribution in [3.63, 3.8) is 0 Å². The van der Waals surface area contributed by atoms with Crippen LogP contribution < -0.4 is 10.6 Å². The Balaban J connectivity index is 1.90. The van der Waals surface area contributed by atoms with Gasteiger partial charge in [0.2, 0.25) is 0 Å². The molecule has 144 valence electrons. The number of guanidine groups is 1. The highest BCUT2D eigenvalue weighted by Crippen LogP contribution is 2.23. The molecule has 2 rings (SSSR count). The van der Waals surface area contributed by atoms with E-state index in [1.807, 2.05) is 6.07 Å². The summed E-state index contributed by atoms with van der Waals surface area (Å²) in [7, 11) is 1.38. The van der Waals surface area contributed by atoms with Crippen LogP contribution in [0.25, 0.3) is 0 Å². The van der Waals surface area contributed by atoms with E-state index in [9.17, 15) is 8.42 Å². The highest BCUT2D eigenvalue weighted by Gasteiger charge is 2.19. The van der Waals surface area contributed by atoms with Crippen LogP contribution in [0.5, 0.6) is 0 Å². The van der Waals surface area contributed by atoms with Crippen LogP contribution in [0.2, 0.25) is 0 Å². The zero-order valence-corrected chi connectivity index (χ0v) is 18.1. The molecule has 0 aliphatic carbocycles. The topological polar surface area (TPSA) is 86.7 Å². The monoisotopic (exact) mass is 415 g/mol. The van der Waals surface area contributed by atoms with Crippen molar-refractivity contribution in [2.75, 3.05) is 21.1 Å². The van der Waals surface area contributed by atoms with Gasteiger partial charge in [0.1, 0.15) is 9.22 Å². The molecule has 26 heavy (non-hydrogen) atoms. The lowest BCUT2D eigenvalue weighted by Crippen LogP contribution is -2.36. The third kappa shape index (κ3) is 5.26. The first-order valence-electron chi connectivity index (χ1n) is 8.14. The first-order chi connectivity index (χ1) is 12.2. The largest absolute Gasteiger partial charge is 0.352 e. The molecule has 10 heteroatoms. The molecule has 2 heterocycles. The Hall–Kier alpha value is -1.49. The molecule has 0 fully saturated rings. The zero-order valence-electron chi connectivity index (χ0n) is 15.6. The Bertz CT molecular complexity index is 853. The lowest BCUT2D eigenvalue weighted by molar-refractivity contribution is 0.523. The van der Waals surface area contributed by atoms with E-state index in [2.05, 4.69) is 39.8 Å². The van der Waals surface area contributed by atoms with Crippen molar-refractivity contribution in [1.82, 2.24) is 19.9 Å². The Labute approximate surface area is 163 Å². The lowest BCUT2D eigenvalue weighted by atomic mass is 10.2. The fraction of sp³-hybridized carbons (Fsp3) is 0.500. The van der Waals surface area contributed by atoms with Gasteiger partial charge in [-0.05, 0) is 18.1 Å². The number of nitrogens with zero attached hydrogens (tertiary/aromatic N) is 3. The van der Waals surface area contributed by atoms with Crippen LogP contribution in [0.1, 0.15) is 35.3 Å². The van der Waals surface area contributed by atoms with Crippen LogP contribution >= 0.6 is 22.7 Å². The Morgan fingerprint density at radius 3 is 2.54 bits per heavy atom. The fourth-order valence-corrected chi connectivity index (χ4v) is 5.35. The zero-order chi connectivity index (χ0) is 19.3. The summed E-state index contributed by atoms with van der Waals surface area (Å²) in [6.07, 6.45) is 0. The first-order valence-corrected chi connectivity index (χ1v) is 11.3. The molecule has 0 saturated heterocycles.